The third-order valence-electron chi connectivity index (χ3n) is 5.28. The minimum absolute atomic E-state index is 0.220. The van der Waals surface area contributed by atoms with Crippen molar-refractivity contribution in [2.75, 3.05) is 13.7 Å². The minimum atomic E-state index is 0.220. The summed E-state index contributed by atoms with van der Waals surface area (Å²) in [5, 5.41) is 0. The van der Waals surface area contributed by atoms with Crippen molar-refractivity contribution in [3.8, 4) is 5.75 Å². The number of fused-ring (bicyclic) bond motifs is 3. The lowest BCUT2D eigenvalue weighted by Crippen LogP contribution is -2.33. The quantitative estimate of drug-likeness (QED) is 0.811. The molecular weight excluding hydrogens is 272 g/mol. The molecule has 0 saturated carbocycles. The maximum Gasteiger partial charge on any atom is 0.118 e. The zero-order valence-electron chi connectivity index (χ0n) is 13.0. The van der Waals surface area contributed by atoms with Crippen molar-refractivity contribution in [1.82, 2.24) is 0 Å². The molecule has 2 aromatic carbocycles. The number of hydrogen-bond donors (Lipinski definition) is 0. The summed E-state index contributed by atoms with van der Waals surface area (Å²) < 4.78 is 11.5. The van der Waals surface area contributed by atoms with Crippen LogP contribution in [0.15, 0.2) is 48.5 Å². The minimum Gasteiger partial charge on any atom is -0.497 e. The summed E-state index contributed by atoms with van der Waals surface area (Å²) in [6.07, 6.45) is 3.76. The van der Waals surface area contributed by atoms with Crippen molar-refractivity contribution in [2.45, 2.75) is 31.3 Å². The first-order valence-electron chi connectivity index (χ1n) is 8.20. The van der Waals surface area contributed by atoms with Gasteiger partial charge in [0.05, 0.1) is 13.2 Å². The van der Waals surface area contributed by atoms with E-state index in [-0.39, 0.29) is 6.10 Å². The highest BCUT2D eigenvalue weighted by atomic mass is 16.5. The molecule has 1 saturated heterocycles. The van der Waals surface area contributed by atoms with Crippen LogP contribution in [0.1, 0.15) is 41.6 Å². The van der Waals surface area contributed by atoms with Gasteiger partial charge in [0.2, 0.25) is 0 Å². The molecule has 0 bridgehead atoms. The summed E-state index contributed by atoms with van der Waals surface area (Å²) in [5.41, 5.74) is 4.38. The van der Waals surface area contributed by atoms with E-state index in [1.165, 1.54) is 18.4 Å². The largest absolute Gasteiger partial charge is 0.497 e. The summed E-state index contributed by atoms with van der Waals surface area (Å²) in [4.78, 5) is 0. The monoisotopic (exact) mass is 294 g/mol. The summed E-state index contributed by atoms with van der Waals surface area (Å²) in [6, 6.07) is 17.4. The van der Waals surface area contributed by atoms with Gasteiger partial charge in [-0.15, -0.1) is 0 Å². The van der Waals surface area contributed by atoms with Crippen LogP contribution >= 0.6 is 0 Å². The number of ether oxygens (including phenoxy) is 2. The molecule has 0 aromatic heterocycles. The van der Waals surface area contributed by atoms with Gasteiger partial charge in [0.1, 0.15) is 5.75 Å². The summed E-state index contributed by atoms with van der Waals surface area (Å²) >= 11 is 0. The van der Waals surface area contributed by atoms with Crippen molar-refractivity contribution in [3.63, 3.8) is 0 Å². The lowest BCUT2D eigenvalue weighted by Gasteiger charge is -2.42. The average Bonchev–Trinajstić information content (AvgIpc) is 2.61. The van der Waals surface area contributed by atoms with Crippen LogP contribution in [0.2, 0.25) is 0 Å². The third-order valence-corrected chi connectivity index (χ3v) is 5.28. The van der Waals surface area contributed by atoms with E-state index in [1.54, 1.807) is 18.2 Å². The molecule has 1 fully saturated rings. The number of rotatable bonds is 2. The molecule has 0 N–H and O–H groups in total. The zero-order chi connectivity index (χ0) is 14.9. The lowest BCUT2D eigenvalue weighted by atomic mass is 9.69. The van der Waals surface area contributed by atoms with E-state index in [9.17, 15) is 0 Å². The molecule has 114 valence electrons. The Morgan fingerprint density at radius 2 is 1.82 bits per heavy atom. The molecule has 0 unspecified atom stereocenters. The Bertz CT molecular complexity index is 647. The van der Waals surface area contributed by atoms with Crippen LogP contribution in [-0.2, 0) is 11.2 Å². The van der Waals surface area contributed by atoms with Gasteiger partial charge < -0.3 is 9.47 Å². The molecule has 2 aromatic rings. The van der Waals surface area contributed by atoms with E-state index in [0.717, 1.165) is 18.8 Å². The highest BCUT2D eigenvalue weighted by molar-refractivity contribution is 5.36. The van der Waals surface area contributed by atoms with Crippen LogP contribution in [0, 0.1) is 5.92 Å². The molecule has 0 spiro atoms. The molecule has 0 radical (unpaired) electrons. The smallest absolute Gasteiger partial charge is 0.118 e. The first-order valence-corrected chi connectivity index (χ1v) is 8.20. The molecule has 4 rings (SSSR count). The highest BCUT2D eigenvalue weighted by Crippen LogP contribution is 2.48. The molecule has 1 aliphatic carbocycles. The van der Waals surface area contributed by atoms with Crippen molar-refractivity contribution in [2.24, 2.45) is 5.92 Å². The standard InChI is InChI=1S/C20H22O2/c1-21-16-9-6-15(7-10-16)20-19-11-8-14-4-2-3-5-17(14)18(19)12-13-22-20/h2-7,9-10,18-20H,8,11-13H2,1H3/t18-,19-,20+/m1/s1. The van der Waals surface area contributed by atoms with Crippen molar-refractivity contribution >= 4 is 0 Å². The SMILES string of the molecule is COc1ccc([C@@H]2OCC[C@@H]3c4ccccc4CC[C@H]32)cc1. The van der Waals surface area contributed by atoms with Crippen molar-refractivity contribution in [1.29, 1.82) is 0 Å². The Balaban J connectivity index is 1.65. The molecule has 3 atom stereocenters. The molecule has 2 nitrogen and oxygen atoms in total. The first-order chi connectivity index (χ1) is 10.9. The molecule has 2 heteroatoms. The normalized spacial score (nSPS) is 26.9. The van der Waals surface area contributed by atoms with Gasteiger partial charge in [-0.3, -0.25) is 0 Å². The Labute approximate surface area is 132 Å². The summed E-state index contributed by atoms with van der Waals surface area (Å²) in [5.74, 6) is 2.15. The molecule has 1 heterocycles. The fraction of sp³-hybridized carbons (Fsp3) is 0.400. The van der Waals surface area contributed by atoms with Gasteiger partial charge in [-0.05, 0) is 59.9 Å². The third kappa shape index (κ3) is 2.32. The van der Waals surface area contributed by atoms with Gasteiger partial charge in [0, 0.05) is 6.61 Å². The average molecular weight is 294 g/mol. The summed E-state index contributed by atoms with van der Waals surface area (Å²) in [6.45, 7) is 0.853. The van der Waals surface area contributed by atoms with E-state index in [4.69, 9.17) is 9.47 Å². The van der Waals surface area contributed by atoms with Gasteiger partial charge in [0.15, 0.2) is 0 Å². The second-order valence-electron chi connectivity index (χ2n) is 6.36. The van der Waals surface area contributed by atoms with Crippen LogP contribution in [0.5, 0.6) is 5.75 Å². The number of benzene rings is 2. The fourth-order valence-corrected chi connectivity index (χ4v) is 4.19. The summed E-state index contributed by atoms with van der Waals surface area (Å²) in [7, 11) is 1.71. The van der Waals surface area contributed by atoms with Crippen LogP contribution < -0.4 is 4.74 Å². The van der Waals surface area contributed by atoms with E-state index in [1.807, 2.05) is 12.1 Å². The van der Waals surface area contributed by atoms with E-state index < -0.39 is 0 Å². The van der Waals surface area contributed by atoms with Gasteiger partial charge in [0.25, 0.3) is 0 Å². The Morgan fingerprint density at radius 1 is 1.00 bits per heavy atom. The van der Waals surface area contributed by atoms with E-state index >= 15 is 0 Å². The van der Waals surface area contributed by atoms with E-state index in [0.29, 0.717) is 11.8 Å². The molecule has 0 amide bonds. The second-order valence-corrected chi connectivity index (χ2v) is 6.36. The highest BCUT2D eigenvalue weighted by Gasteiger charge is 2.38. The Hall–Kier alpha value is -1.80. The van der Waals surface area contributed by atoms with Crippen molar-refractivity contribution < 1.29 is 9.47 Å². The topological polar surface area (TPSA) is 18.5 Å². The molecule has 1 aliphatic heterocycles. The number of hydrogen-bond acceptors (Lipinski definition) is 2. The maximum atomic E-state index is 6.18. The van der Waals surface area contributed by atoms with Gasteiger partial charge in [-0.25, -0.2) is 0 Å². The maximum absolute atomic E-state index is 6.18. The van der Waals surface area contributed by atoms with Gasteiger partial charge >= 0.3 is 0 Å². The van der Waals surface area contributed by atoms with E-state index in [2.05, 4.69) is 36.4 Å². The molecule has 2 aliphatic rings. The first kappa shape index (κ1) is 13.8. The Morgan fingerprint density at radius 3 is 2.64 bits per heavy atom. The Kier molecular flexibility index (Phi) is 3.63. The predicted octanol–water partition coefficient (Wildman–Crippen LogP) is 4.50. The van der Waals surface area contributed by atoms with Crippen LogP contribution in [0.4, 0.5) is 0 Å². The lowest BCUT2D eigenvalue weighted by molar-refractivity contribution is -0.0459. The second kappa shape index (κ2) is 5.77. The molecular formula is C20H22O2. The van der Waals surface area contributed by atoms with Crippen molar-refractivity contribution in [3.05, 3.63) is 65.2 Å². The van der Waals surface area contributed by atoms with Crippen LogP contribution in [-0.4, -0.2) is 13.7 Å². The fourth-order valence-electron chi connectivity index (χ4n) is 4.19. The number of aryl methyl sites for hydroxylation is 1. The van der Waals surface area contributed by atoms with Crippen LogP contribution in [0.25, 0.3) is 0 Å². The molecule has 22 heavy (non-hydrogen) atoms. The van der Waals surface area contributed by atoms with Gasteiger partial charge in [-0.2, -0.15) is 0 Å². The zero-order valence-corrected chi connectivity index (χ0v) is 13.0. The van der Waals surface area contributed by atoms with Gasteiger partial charge in [-0.1, -0.05) is 36.4 Å². The number of methoxy groups -OCH3 is 1. The predicted molar refractivity (Wildman–Crippen MR) is 87.3 cm³/mol. The van der Waals surface area contributed by atoms with Crippen LogP contribution in [0.3, 0.4) is 0 Å².